The highest BCUT2D eigenvalue weighted by Crippen LogP contribution is 2.34. The minimum atomic E-state index is -0.191. The third-order valence-corrected chi connectivity index (χ3v) is 3.05. The summed E-state index contributed by atoms with van der Waals surface area (Å²) in [4.78, 5) is 13.4. The van der Waals surface area contributed by atoms with Gasteiger partial charge in [0.2, 0.25) is 0 Å². The van der Waals surface area contributed by atoms with E-state index in [4.69, 9.17) is 4.74 Å². The molecule has 1 aliphatic rings. The van der Waals surface area contributed by atoms with Crippen molar-refractivity contribution in [3.05, 3.63) is 5.82 Å². The first-order chi connectivity index (χ1) is 8.61. The maximum Gasteiger partial charge on any atom is 0.309 e. The van der Waals surface area contributed by atoms with Crippen molar-refractivity contribution < 1.29 is 9.53 Å². The molecule has 2 rings (SSSR count). The zero-order chi connectivity index (χ0) is 13.1. The minimum Gasteiger partial charge on any atom is -0.469 e. The van der Waals surface area contributed by atoms with Crippen LogP contribution in [0.1, 0.15) is 31.6 Å². The van der Waals surface area contributed by atoms with Crippen molar-refractivity contribution in [1.82, 2.24) is 25.1 Å². The number of carbonyl (C=O) groups is 1. The molecule has 7 heteroatoms. The normalized spacial score (nSPS) is 16.9. The lowest BCUT2D eigenvalue weighted by atomic mass is 10.2. The summed E-state index contributed by atoms with van der Waals surface area (Å²) in [6.07, 6.45) is 2.31. The van der Waals surface area contributed by atoms with Crippen molar-refractivity contribution in [2.45, 2.75) is 32.4 Å². The standard InChI is InChI=1S/C11H19N5O2/c1-8(11(17)18-3)6-15(2)7-10-12-13-14-16(10)9-4-5-9/h8-9H,4-7H2,1-3H3/t8-/m1/s1. The lowest BCUT2D eigenvalue weighted by Gasteiger charge is -2.19. The van der Waals surface area contributed by atoms with Crippen molar-refractivity contribution in [2.75, 3.05) is 20.7 Å². The van der Waals surface area contributed by atoms with Crippen molar-refractivity contribution in [3.63, 3.8) is 0 Å². The van der Waals surface area contributed by atoms with Crippen molar-refractivity contribution in [3.8, 4) is 0 Å². The van der Waals surface area contributed by atoms with E-state index >= 15 is 0 Å². The Labute approximate surface area is 106 Å². The SMILES string of the molecule is COC(=O)[C@H](C)CN(C)Cc1nnnn1C1CC1. The van der Waals surface area contributed by atoms with Gasteiger partial charge in [0, 0.05) is 6.54 Å². The van der Waals surface area contributed by atoms with Crippen LogP contribution in [0.15, 0.2) is 0 Å². The van der Waals surface area contributed by atoms with Crippen LogP contribution >= 0.6 is 0 Å². The molecule has 1 heterocycles. The van der Waals surface area contributed by atoms with Gasteiger partial charge in [-0.15, -0.1) is 5.10 Å². The molecular weight excluding hydrogens is 234 g/mol. The Hall–Kier alpha value is -1.50. The molecule has 0 radical (unpaired) electrons. The molecular formula is C11H19N5O2. The van der Waals surface area contributed by atoms with Gasteiger partial charge >= 0.3 is 5.97 Å². The van der Waals surface area contributed by atoms with E-state index < -0.39 is 0 Å². The average molecular weight is 253 g/mol. The first-order valence-corrected chi connectivity index (χ1v) is 6.15. The predicted octanol–water partition coefficient (Wildman–Crippen LogP) is 0.249. The van der Waals surface area contributed by atoms with E-state index in [-0.39, 0.29) is 11.9 Å². The number of carbonyl (C=O) groups excluding carboxylic acids is 1. The first kappa shape index (κ1) is 12.9. The van der Waals surface area contributed by atoms with Crippen molar-refractivity contribution in [2.24, 2.45) is 5.92 Å². The molecule has 1 aromatic rings. The van der Waals surface area contributed by atoms with Gasteiger partial charge in [-0.3, -0.25) is 9.69 Å². The number of rotatable bonds is 6. The fourth-order valence-electron chi connectivity index (χ4n) is 1.97. The van der Waals surface area contributed by atoms with Crippen LogP contribution in [0.25, 0.3) is 0 Å². The Balaban J connectivity index is 1.88. The zero-order valence-corrected chi connectivity index (χ0v) is 11.0. The molecule has 100 valence electrons. The van der Waals surface area contributed by atoms with E-state index in [1.54, 1.807) is 0 Å². The van der Waals surface area contributed by atoms with E-state index in [9.17, 15) is 4.79 Å². The maximum atomic E-state index is 11.3. The van der Waals surface area contributed by atoms with Crippen molar-refractivity contribution in [1.29, 1.82) is 0 Å². The quantitative estimate of drug-likeness (QED) is 0.677. The van der Waals surface area contributed by atoms with E-state index in [1.165, 1.54) is 7.11 Å². The van der Waals surface area contributed by atoms with Gasteiger partial charge in [0.1, 0.15) is 0 Å². The van der Waals surface area contributed by atoms with Crippen molar-refractivity contribution >= 4 is 5.97 Å². The predicted molar refractivity (Wildman–Crippen MR) is 63.6 cm³/mol. The summed E-state index contributed by atoms with van der Waals surface area (Å²) in [5, 5.41) is 11.7. The zero-order valence-electron chi connectivity index (χ0n) is 11.0. The molecule has 1 saturated carbocycles. The smallest absolute Gasteiger partial charge is 0.309 e. The van der Waals surface area contributed by atoms with Crippen LogP contribution in [0.5, 0.6) is 0 Å². The van der Waals surface area contributed by atoms with Gasteiger partial charge in [0.15, 0.2) is 5.82 Å². The van der Waals surface area contributed by atoms with Crippen LogP contribution in [-0.4, -0.2) is 51.8 Å². The third kappa shape index (κ3) is 3.04. The fraction of sp³-hybridized carbons (Fsp3) is 0.818. The highest BCUT2D eigenvalue weighted by atomic mass is 16.5. The fourth-order valence-corrected chi connectivity index (χ4v) is 1.97. The molecule has 0 aromatic carbocycles. The molecule has 0 spiro atoms. The number of tetrazole rings is 1. The number of esters is 1. The summed E-state index contributed by atoms with van der Waals surface area (Å²) in [6, 6.07) is 0.474. The maximum absolute atomic E-state index is 11.3. The second-order valence-electron chi connectivity index (χ2n) is 4.89. The summed E-state index contributed by atoms with van der Waals surface area (Å²) < 4.78 is 6.60. The molecule has 0 bridgehead atoms. The van der Waals surface area contributed by atoms with E-state index in [1.807, 2.05) is 23.6 Å². The number of hydrogen-bond donors (Lipinski definition) is 0. The molecule has 1 fully saturated rings. The molecule has 0 amide bonds. The monoisotopic (exact) mass is 253 g/mol. The number of nitrogens with zero attached hydrogens (tertiary/aromatic N) is 5. The largest absolute Gasteiger partial charge is 0.469 e. The summed E-state index contributed by atoms with van der Waals surface area (Å²) in [7, 11) is 3.36. The Morgan fingerprint density at radius 1 is 1.61 bits per heavy atom. The van der Waals surface area contributed by atoms with Gasteiger partial charge in [-0.25, -0.2) is 4.68 Å². The Morgan fingerprint density at radius 2 is 2.33 bits per heavy atom. The Kier molecular flexibility index (Phi) is 3.90. The third-order valence-electron chi connectivity index (χ3n) is 3.05. The van der Waals surface area contributed by atoms with Crippen LogP contribution in [0, 0.1) is 5.92 Å². The van der Waals surface area contributed by atoms with E-state index in [0.29, 0.717) is 19.1 Å². The number of ether oxygens (including phenoxy) is 1. The van der Waals surface area contributed by atoms with Gasteiger partial charge in [-0.1, -0.05) is 6.92 Å². The van der Waals surface area contributed by atoms with Crippen LogP contribution in [-0.2, 0) is 16.1 Å². The Bertz CT molecular complexity index is 415. The minimum absolute atomic E-state index is 0.148. The van der Waals surface area contributed by atoms with Crippen LogP contribution in [0.3, 0.4) is 0 Å². The number of aromatic nitrogens is 4. The Morgan fingerprint density at radius 3 is 2.94 bits per heavy atom. The summed E-state index contributed by atoms with van der Waals surface area (Å²) in [5.41, 5.74) is 0. The molecule has 0 aliphatic heterocycles. The van der Waals surface area contributed by atoms with Crippen LogP contribution in [0.2, 0.25) is 0 Å². The first-order valence-electron chi connectivity index (χ1n) is 6.15. The highest BCUT2D eigenvalue weighted by Gasteiger charge is 2.28. The molecule has 0 unspecified atom stereocenters. The molecule has 0 saturated heterocycles. The van der Waals surface area contributed by atoms with Gasteiger partial charge < -0.3 is 4.74 Å². The van der Waals surface area contributed by atoms with Gasteiger partial charge in [-0.2, -0.15) is 0 Å². The molecule has 7 nitrogen and oxygen atoms in total. The topological polar surface area (TPSA) is 73.1 Å². The van der Waals surface area contributed by atoms with Crippen LogP contribution in [0.4, 0.5) is 0 Å². The number of hydrogen-bond acceptors (Lipinski definition) is 6. The molecule has 0 N–H and O–H groups in total. The van der Waals surface area contributed by atoms with E-state index in [2.05, 4.69) is 15.5 Å². The summed E-state index contributed by atoms with van der Waals surface area (Å²) >= 11 is 0. The molecule has 18 heavy (non-hydrogen) atoms. The number of methoxy groups -OCH3 is 1. The molecule has 1 atom stereocenters. The lowest BCUT2D eigenvalue weighted by Crippen LogP contribution is -2.30. The van der Waals surface area contributed by atoms with Gasteiger partial charge in [0.25, 0.3) is 0 Å². The van der Waals surface area contributed by atoms with E-state index in [0.717, 1.165) is 18.7 Å². The van der Waals surface area contributed by atoms with Crippen LogP contribution < -0.4 is 0 Å². The second kappa shape index (κ2) is 5.43. The van der Waals surface area contributed by atoms with Gasteiger partial charge in [0.05, 0.1) is 25.6 Å². The second-order valence-corrected chi connectivity index (χ2v) is 4.89. The molecule has 1 aliphatic carbocycles. The average Bonchev–Trinajstić information content (AvgIpc) is 3.09. The summed E-state index contributed by atoms with van der Waals surface area (Å²) in [5.74, 6) is 0.519. The highest BCUT2D eigenvalue weighted by molar-refractivity contribution is 5.71. The summed E-state index contributed by atoms with van der Waals surface area (Å²) in [6.45, 7) is 3.13. The molecule has 1 aromatic heterocycles. The lowest BCUT2D eigenvalue weighted by molar-refractivity contribution is -0.145. The van der Waals surface area contributed by atoms with Gasteiger partial charge in [-0.05, 0) is 30.3 Å².